The van der Waals surface area contributed by atoms with Crippen molar-refractivity contribution in [3.63, 3.8) is 0 Å². The van der Waals surface area contributed by atoms with E-state index >= 15 is 0 Å². The van der Waals surface area contributed by atoms with Crippen LogP contribution in [0.25, 0.3) is 0 Å². The lowest BCUT2D eigenvalue weighted by atomic mass is 9.86. The molecule has 0 fully saturated rings. The van der Waals surface area contributed by atoms with E-state index in [1.54, 1.807) is 48.5 Å². The van der Waals surface area contributed by atoms with Crippen molar-refractivity contribution in [2.75, 3.05) is 27.2 Å². The van der Waals surface area contributed by atoms with E-state index in [1.807, 2.05) is 12.1 Å². The lowest BCUT2D eigenvalue weighted by molar-refractivity contribution is -0.935. The summed E-state index contributed by atoms with van der Waals surface area (Å²) < 4.78 is 6.25. The van der Waals surface area contributed by atoms with Crippen molar-refractivity contribution in [1.82, 2.24) is 0 Å². The van der Waals surface area contributed by atoms with Gasteiger partial charge in [-0.15, -0.1) is 0 Å². The number of quaternary nitrogens is 1. The van der Waals surface area contributed by atoms with Crippen LogP contribution in [-0.4, -0.2) is 48.3 Å². The second-order valence-electron chi connectivity index (χ2n) is 8.16. The molecule has 2 aromatic rings. The minimum Gasteiger partial charge on any atom is -0.457 e. The van der Waals surface area contributed by atoms with Gasteiger partial charge in [-0.3, -0.25) is 0 Å². The summed E-state index contributed by atoms with van der Waals surface area (Å²) in [5.41, 5.74) is -0.787. The van der Waals surface area contributed by atoms with Crippen LogP contribution >= 0.6 is 0 Å². The first-order chi connectivity index (χ1) is 12.1. The van der Waals surface area contributed by atoms with Gasteiger partial charge in [0, 0.05) is 0 Å². The quantitative estimate of drug-likeness (QED) is 0.638. The maximum absolute atomic E-state index is 12.9. The summed E-state index contributed by atoms with van der Waals surface area (Å²) >= 11 is 0. The number of carbonyl (C=O) groups excluding carboxylic acids is 1. The minimum atomic E-state index is -1.82. The fourth-order valence-corrected chi connectivity index (χ4v) is 2.57. The molecule has 4 nitrogen and oxygen atoms in total. The normalized spacial score (nSPS) is 12.7. The molecular weight excluding hydrogens is 326 g/mol. The Morgan fingerprint density at radius 3 is 1.73 bits per heavy atom. The summed E-state index contributed by atoms with van der Waals surface area (Å²) in [4.78, 5) is 12.9. The Hall–Kier alpha value is -2.17. The molecule has 4 heteroatoms. The summed E-state index contributed by atoms with van der Waals surface area (Å²) in [6.45, 7) is 7.36. The molecule has 0 heterocycles. The number of carbonyl (C=O) groups is 1. The van der Waals surface area contributed by atoms with Crippen LogP contribution in [-0.2, 0) is 15.1 Å². The third kappa shape index (κ3) is 4.14. The van der Waals surface area contributed by atoms with Gasteiger partial charge in [-0.25, -0.2) is 4.79 Å². The number of benzene rings is 2. The Bertz CT molecular complexity index is 679. The first kappa shape index (κ1) is 20.1. The van der Waals surface area contributed by atoms with Crippen LogP contribution in [0.2, 0.25) is 0 Å². The number of hydrogen-bond acceptors (Lipinski definition) is 3. The molecule has 0 saturated heterocycles. The molecule has 0 aliphatic carbocycles. The van der Waals surface area contributed by atoms with Crippen LogP contribution in [0.15, 0.2) is 60.7 Å². The SMILES string of the molecule is CC(C)(C)[N+](C)(C)CCOC(=O)C(O)(c1ccccc1)c1ccccc1. The summed E-state index contributed by atoms with van der Waals surface area (Å²) in [5, 5.41) is 11.3. The van der Waals surface area contributed by atoms with Crippen LogP contribution in [0.4, 0.5) is 0 Å². The zero-order valence-corrected chi connectivity index (χ0v) is 16.4. The first-order valence-corrected chi connectivity index (χ1v) is 8.93. The Morgan fingerprint density at radius 2 is 1.35 bits per heavy atom. The highest BCUT2D eigenvalue weighted by Crippen LogP contribution is 2.31. The molecule has 140 valence electrons. The first-order valence-electron chi connectivity index (χ1n) is 8.93. The van der Waals surface area contributed by atoms with Crippen LogP contribution in [0.3, 0.4) is 0 Å². The van der Waals surface area contributed by atoms with E-state index < -0.39 is 11.6 Å². The predicted molar refractivity (Wildman–Crippen MR) is 104 cm³/mol. The average molecular weight is 356 g/mol. The summed E-state index contributed by atoms with van der Waals surface area (Å²) in [7, 11) is 4.21. The number of hydrogen-bond donors (Lipinski definition) is 1. The zero-order chi connectivity index (χ0) is 19.4. The number of nitrogens with zero attached hydrogens (tertiary/aromatic N) is 1. The van der Waals surface area contributed by atoms with E-state index in [1.165, 1.54) is 0 Å². The Labute approximate surface area is 156 Å². The highest BCUT2D eigenvalue weighted by atomic mass is 16.5. The van der Waals surface area contributed by atoms with Crippen LogP contribution in [0.5, 0.6) is 0 Å². The van der Waals surface area contributed by atoms with E-state index in [0.717, 1.165) is 0 Å². The number of rotatable bonds is 6. The fraction of sp³-hybridized carbons (Fsp3) is 0.409. The molecule has 0 radical (unpaired) electrons. The highest BCUT2D eigenvalue weighted by molar-refractivity contribution is 5.85. The second-order valence-corrected chi connectivity index (χ2v) is 8.16. The molecule has 26 heavy (non-hydrogen) atoms. The second kappa shape index (κ2) is 7.60. The fourth-order valence-electron chi connectivity index (χ4n) is 2.57. The van der Waals surface area contributed by atoms with Gasteiger partial charge in [0.2, 0.25) is 5.60 Å². The zero-order valence-electron chi connectivity index (χ0n) is 16.4. The van der Waals surface area contributed by atoms with Gasteiger partial charge in [0.05, 0.1) is 19.6 Å². The molecule has 2 aromatic carbocycles. The average Bonchev–Trinajstić information content (AvgIpc) is 2.61. The van der Waals surface area contributed by atoms with E-state index in [2.05, 4.69) is 34.9 Å². The van der Waals surface area contributed by atoms with E-state index in [4.69, 9.17) is 4.74 Å². The molecule has 0 atom stereocenters. The Kier molecular flexibility index (Phi) is 5.89. The van der Waals surface area contributed by atoms with Gasteiger partial charge < -0.3 is 14.3 Å². The van der Waals surface area contributed by atoms with Crippen molar-refractivity contribution in [2.24, 2.45) is 0 Å². The van der Waals surface area contributed by atoms with Crippen molar-refractivity contribution < 1.29 is 19.1 Å². The van der Waals surface area contributed by atoms with Gasteiger partial charge in [0.15, 0.2) is 0 Å². The van der Waals surface area contributed by atoms with Gasteiger partial charge in [-0.2, -0.15) is 0 Å². The van der Waals surface area contributed by atoms with Crippen molar-refractivity contribution in [2.45, 2.75) is 31.9 Å². The van der Waals surface area contributed by atoms with Gasteiger partial charge >= 0.3 is 5.97 Å². The van der Waals surface area contributed by atoms with Gasteiger partial charge in [0.25, 0.3) is 0 Å². The van der Waals surface area contributed by atoms with Gasteiger partial charge in [0.1, 0.15) is 13.2 Å². The summed E-state index contributed by atoms with van der Waals surface area (Å²) in [6, 6.07) is 17.9. The molecule has 0 spiro atoms. The standard InChI is InChI=1S/C22H30NO3/c1-21(2,3)23(4,5)16-17-26-20(24)22(25,18-12-8-6-9-13-18)19-14-10-7-11-15-19/h6-15,25H,16-17H2,1-5H3/q+1. The minimum absolute atomic E-state index is 0.0293. The molecule has 0 unspecified atom stereocenters. The van der Waals surface area contributed by atoms with E-state index in [-0.39, 0.29) is 12.1 Å². The molecule has 0 saturated carbocycles. The van der Waals surface area contributed by atoms with Crippen molar-refractivity contribution >= 4 is 5.97 Å². The van der Waals surface area contributed by atoms with Crippen LogP contribution in [0, 0.1) is 0 Å². The molecule has 0 bridgehead atoms. The van der Waals surface area contributed by atoms with E-state index in [0.29, 0.717) is 22.2 Å². The number of ether oxygens (including phenoxy) is 1. The molecular formula is C22H30NO3+. The van der Waals surface area contributed by atoms with E-state index in [9.17, 15) is 9.90 Å². The largest absolute Gasteiger partial charge is 0.457 e. The molecule has 0 aliphatic heterocycles. The molecule has 0 amide bonds. The number of likely N-dealkylation sites (N-methyl/N-ethyl adjacent to an activating group) is 1. The predicted octanol–water partition coefficient (Wildman–Crippen LogP) is 3.34. The molecule has 0 aromatic heterocycles. The monoisotopic (exact) mass is 356 g/mol. The topological polar surface area (TPSA) is 46.5 Å². The van der Waals surface area contributed by atoms with Crippen molar-refractivity contribution in [3.05, 3.63) is 71.8 Å². The lowest BCUT2D eigenvalue weighted by Crippen LogP contribution is -2.56. The summed E-state index contributed by atoms with van der Waals surface area (Å²) in [6.07, 6.45) is 0. The smallest absolute Gasteiger partial charge is 0.347 e. The Morgan fingerprint density at radius 1 is 0.923 bits per heavy atom. The van der Waals surface area contributed by atoms with Crippen LogP contribution < -0.4 is 0 Å². The Balaban J connectivity index is 2.23. The summed E-state index contributed by atoms with van der Waals surface area (Å²) in [5.74, 6) is -0.649. The van der Waals surface area contributed by atoms with Crippen molar-refractivity contribution in [3.8, 4) is 0 Å². The lowest BCUT2D eigenvalue weighted by Gasteiger charge is -2.42. The molecule has 1 N–H and O–H groups in total. The number of esters is 1. The van der Waals surface area contributed by atoms with Crippen LogP contribution in [0.1, 0.15) is 31.9 Å². The molecule has 0 aliphatic rings. The highest BCUT2D eigenvalue weighted by Gasteiger charge is 2.42. The maximum Gasteiger partial charge on any atom is 0.347 e. The van der Waals surface area contributed by atoms with Gasteiger partial charge in [-0.05, 0) is 31.9 Å². The molecule has 2 rings (SSSR count). The number of aliphatic hydroxyl groups is 1. The van der Waals surface area contributed by atoms with Gasteiger partial charge in [-0.1, -0.05) is 60.7 Å². The maximum atomic E-state index is 12.9. The third-order valence-electron chi connectivity index (χ3n) is 5.38. The third-order valence-corrected chi connectivity index (χ3v) is 5.38. The van der Waals surface area contributed by atoms with Crippen molar-refractivity contribution in [1.29, 1.82) is 0 Å².